The van der Waals surface area contributed by atoms with E-state index < -0.39 is 23.3 Å². The van der Waals surface area contributed by atoms with E-state index in [4.69, 9.17) is 0 Å². The maximum atomic E-state index is 13.2. The molecule has 2 rings (SSSR count). The first-order chi connectivity index (χ1) is 11.1. The van der Waals surface area contributed by atoms with E-state index in [1.54, 1.807) is 20.1 Å². The lowest BCUT2D eigenvalue weighted by molar-refractivity contribution is -0.142. The van der Waals surface area contributed by atoms with Gasteiger partial charge < -0.3 is 5.32 Å². The largest absolute Gasteiger partial charge is 0.434 e. The van der Waals surface area contributed by atoms with Crippen LogP contribution < -0.4 is 5.32 Å². The van der Waals surface area contributed by atoms with Crippen LogP contribution in [-0.2, 0) is 6.18 Å². The van der Waals surface area contributed by atoms with E-state index in [1.807, 2.05) is 19.1 Å². The summed E-state index contributed by atoms with van der Waals surface area (Å²) in [7, 11) is 0. The van der Waals surface area contributed by atoms with Gasteiger partial charge in [-0.25, -0.2) is 9.97 Å². The quantitative estimate of drug-likeness (QED) is 0.655. The number of thioether (sulfide) groups is 1. The van der Waals surface area contributed by atoms with Crippen molar-refractivity contribution in [1.29, 1.82) is 0 Å². The highest BCUT2D eigenvalue weighted by Gasteiger charge is 2.38. The van der Waals surface area contributed by atoms with E-state index in [0.29, 0.717) is 5.69 Å². The highest BCUT2D eigenvalue weighted by atomic mass is 32.2. The summed E-state index contributed by atoms with van der Waals surface area (Å²) >= 11 is 0.976. The normalized spacial score (nSPS) is 11.5. The van der Waals surface area contributed by atoms with Gasteiger partial charge in [-0.1, -0.05) is 29.5 Å². The second-order valence-electron chi connectivity index (χ2n) is 5.34. The van der Waals surface area contributed by atoms with Crippen molar-refractivity contribution in [2.75, 3.05) is 11.6 Å². The number of nitrogens with one attached hydrogen (secondary N) is 1. The number of aromatic nitrogens is 2. The minimum absolute atomic E-state index is 0.0402. The van der Waals surface area contributed by atoms with Gasteiger partial charge in [-0.3, -0.25) is 4.79 Å². The van der Waals surface area contributed by atoms with Crippen molar-refractivity contribution < 1.29 is 18.0 Å². The third-order valence-electron chi connectivity index (χ3n) is 3.38. The molecule has 1 N–H and O–H groups in total. The molecule has 4 nitrogen and oxygen atoms in total. The predicted octanol–water partition coefficient (Wildman–Crippen LogP) is 4.39. The Morgan fingerprint density at radius 1 is 1.17 bits per heavy atom. The Hall–Kier alpha value is -2.09. The van der Waals surface area contributed by atoms with Crippen molar-refractivity contribution in [3.8, 4) is 0 Å². The first kappa shape index (κ1) is 18.3. The number of amides is 1. The lowest BCUT2D eigenvalue weighted by Crippen LogP contribution is -2.22. The summed E-state index contributed by atoms with van der Waals surface area (Å²) in [5.74, 6) is -0.884. The van der Waals surface area contributed by atoms with Gasteiger partial charge in [0.25, 0.3) is 5.91 Å². The van der Waals surface area contributed by atoms with Crippen molar-refractivity contribution in [1.82, 2.24) is 9.97 Å². The first-order valence-corrected chi connectivity index (χ1v) is 8.23. The van der Waals surface area contributed by atoms with Gasteiger partial charge in [-0.05, 0) is 38.2 Å². The zero-order valence-electron chi connectivity index (χ0n) is 13.6. The Kier molecular flexibility index (Phi) is 5.17. The molecule has 0 bridgehead atoms. The molecular formula is C16H16F3N3OS. The van der Waals surface area contributed by atoms with Gasteiger partial charge in [-0.2, -0.15) is 13.2 Å². The minimum Gasteiger partial charge on any atom is -0.321 e. The van der Waals surface area contributed by atoms with Crippen LogP contribution in [0.4, 0.5) is 18.9 Å². The van der Waals surface area contributed by atoms with E-state index in [0.717, 1.165) is 34.6 Å². The number of nitrogens with zero attached hydrogens (tertiary/aromatic N) is 2. The summed E-state index contributed by atoms with van der Waals surface area (Å²) < 4.78 is 39.6. The van der Waals surface area contributed by atoms with Crippen LogP contribution >= 0.6 is 11.8 Å². The monoisotopic (exact) mass is 355 g/mol. The molecular weight excluding hydrogens is 339 g/mol. The topological polar surface area (TPSA) is 54.9 Å². The van der Waals surface area contributed by atoms with Crippen molar-refractivity contribution in [2.24, 2.45) is 0 Å². The maximum absolute atomic E-state index is 13.2. The molecule has 0 aliphatic heterocycles. The summed E-state index contributed by atoms with van der Waals surface area (Å²) in [6, 6.07) is 3.70. The highest BCUT2D eigenvalue weighted by molar-refractivity contribution is 7.98. The number of hydrogen-bond acceptors (Lipinski definition) is 4. The zero-order valence-corrected chi connectivity index (χ0v) is 14.4. The number of halogens is 3. The number of anilines is 1. The SMILES string of the molecule is CSc1ncc(C(=O)Nc2c(C)cc(C)cc2C)c(C(F)(F)F)n1. The maximum Gasteiger partial charge on any atom is 0.434 e. The third kappa shape index (κ3) is 3.87. The lowest BCUT2D eigenvalue weighted by atomic mass is 10.0. The van der Waals surface area contributed by atoms with Crippen molar-refractivity contribution in [3.63, 3.8) is 0 Å². The van der Waals surface area contributed by atoms with Crippen molar-refractivity contribution in [2.45, 2.75) is 32.1 Å². The number of carbonyl (C=O) groups is 1. The van der Waals surface area contributed by atoms with Gasteiger partial charge in [0.05, 0.1) is 5.56 Å². The molecule has 1 aromatic heterocycles. The Balaban J connectivity index is 2.44. The van der Waals surface area contributed by atoms with Gasteiger partial charge in [-0.15, -0.1) is 0 Å². The molecule has 1 amide bonds. The fraction of sp³-hybridized carbons (Fsp3) is 0.312. The van der Waals surface area contributed by atoms with Gasteiger partial charge >= 0.3 is 6.18 Å². The molecule has 0 aliphatic rings. The van der Waals surface area contributed by atoms with Crippen molar-refractivity contribution in [3.05, 3.63) is 46.3 Å². The Morgan fingerprint density at radius 2 is 1.75 bits per heavy atom. The fourth-order valence-electron chi connectivity index (χ4n) is 2.40. The molecule has 8 heteroatoms. The average molecular weight is 355 g/mol. The summed E-state index contributed by atoms with van der Waals surface area (Å²) in [6.07, 6.45) is -2.26. The van der Waals surface area contributed by atoms with Crippen LogP contribution in [0.25, 0.3) is 0 Å². The molecule has 0 saturated carbocycles. The van der Waals surface area contributed by atoms with Crippen LogP contribution in [-0.4, -0.2) is 22.1 Å². The van der Waals surface area contributed by atoms with E-state index in [9.17, 15) is 18.0 Å². The van der Waals surface area contributed by atoms with Crippen LogP contribution in [0.15, 0.2) is 23.5 Å². The Morgan fingerprint density at radius 3 is 2.25 bits per heavy atom. The van der Waals surface area contributed by atoms with Crippen LogP contribution in [0, 0.1) is 20.8 Å². The fourth-order valence-corrected chi connectivity index (χ4v) is 2.74. The Bertz CT molecular complexity index is 768. The molecule has 0 radical (unpaired) electrons. The standard InChI is InChI=1S/C16H16F3N3OS/c1-8-5-9(2)12(10(3)6-8)21-14(23)11-7-20-15(24-4)22-13(11)16(17,18)19/h5-7H,1-4H3,(H,21,23). The first-order valence-electron chi connectivity index (χ1n) is 7.01. The molecule has 128 valence electrons. The summed E-state index contributed by atoms with van der Waals surface area (Å²) in [5, 5.41) is 2.51. The molecule has 0 saturated heterocycles. The number of hydrogen-bond donors (Lipinski definition) is 1. The van der Waals surface area contributed by atoms with Crippen LogP contribution in [0.1, 0.15) is 32.7 Å². The summed E-state index contributed by atoms with van der Waals surface area (Å²) in [6.45, 7) is 5.48. The number of alkyl halides is 3. The number of rotatable bonds is 3. The molecule has 0 aliphatic carbocycles. The van der Waals surface area contributed by atoms with Crippen LogP contribution in [0.3, 0.4) is 0 Å². The average Bonchev–Trinajstić information content (AvgIpc) is 2.49. The zero-order chi connectivity index (χ0) is 18.1. The molecule has 0 unspecified atom stereocenters. The van der Waals surface area contributed by atoms with E-state index in [-0.39, 0.29) is 5.16 Å². The number of benzene rings is 1. The predicted molar refractivity (Wildman–Crippen MR) is 87.4 cm³/mol. The molecule has 24 heavy (non-hydrogen) atoms. The highest BCUT2D eigenvalue weighted by Crippen LogP contribution is 2.32. The second-order valence-corrected chi connectivity index (χ2v) is 6.12. The third-order valence-corrected chi connectivity index (χ3v) is 3.94. The molecule has 0 fully saturated rings. The van der Waals surface area contributed by atoms with Crippen LogP contribution in [0.5, 0.6) is 0 Å². The number of carbonyl (C=O) groups excluding carboxylic acids is 1. The number of aryl methyl sites for hydroxylation is 3. The molecule has 0 spiro atoms. The van der Waals surface area contributed by atoms with Gasteiger partial charge in [0.15, 0.2) is 10.9 Å². The van der Waals surface area contributed by atoms with E-state index >= 15 is 0 Å². The molecule has 0 atom stereocenters. The minimum atomic E-state index is -4.74. The van der Waals surface area contributed by atoms with Crippen molar-refractivity contribution >= 4 is 23.4 Å². The van der Waals surface area contributed by atoms with Gasteiger partial charge in [0.1, 0.15) is 0 Å². The van der Waals surface area contributed by atoms with Crippen LogP contribution in [0.2, 0.25) is 0 Å². The van der Waals surface area contributed by atoms with E-state index in [2.05, 4.69) is 15.3 Å². The molecule has 2 aromatic rings. The summed E-state index contributed by atoms with van der Waals surface area (Å²) in [5.41, 5.74) is 1.22. The molecule has 1 aromatic carbocycles. The Labute approximate surface area is 141 Å². The second kappa shape index (κ2) is 6.80. The van der Waals surface area contributed by atoms with Gasteiger partial charge in [0.2, 0.25) is 0 Å². The summed E-state index contributed by atoms with van der Waals surface area (Å²) in [4.78, 5) is 19.6. The van der Waals surface area contributed by atoms with Gasteiger partial charge in [0, 0.05) is 11.9 Å². The van der Waals surface area contributed by atoms with E-state index in [1.165, 1.54) is 0 Å². The smallest absolute Gasteiger partial charge is 0.321 e. The molecule has 1 heterocycles. The lowest BCUT2D eigenvalue weighted by Gasteiger charge is -2.15.